The van der Waals surface area contributed by atoms with Crippen molar-refractivity contribution in [3.8, 4) is 0 Å². The van der Waals surface area contributed by atoms with E-state index in [9.17, 15) is 19.3 Å². The van der Waals surface area contributed by atoms with E-state index >= 15 is 0 Å². The van der Waals surface area contributed by atoms with Crippen molar-refractivity contribution in [2.45, 2.75) is 12.3 Å². The lowest BCUT2D eigenvalue weighted by atomic mass is 9.94. The largest absolute Gasteiger partial charge is 0.295 e. The Balaban J connectivity index is 2.88. The molecule has 1 aromatic carbocycles. The lowest BCUT2D eigenvalue weighted by Gasteiger charge is -2.11. The number of thioether (sulfide) groups is 2. The molecule has 1 unspecified atom stereocenters. The molecule has 0 aliphatic carbocycles. The highest BCUT2D eigenvalue weighted by Gasteiger charge is 2.21. The number of carbonyl (C=O) groups is 1. The van der Waals surface area contributed by atoms with Gasteiger partial charge in [0.2, 0.25) is 6.54 Å². The van der Waals surface area contributed by atoms with Crippen molar-refractivity contribution < 1.29 is 14.1 Å². The van der Waals surface area contributed by atoms with Gasteiger partial charge in [-0.3, -0.25) is 14.9 Å². The van der Waals surface area contributed by atoms with Crippen molar-refractivity contribution >= 4 is 29.3 Å². The highest BCUT2D eigenvalue weighted by Crippen LogP contribution is 2.26. The zero-order valence-corrected chi connectivity index (χ0v) is 13.4. The van der Waals surface area contributed by atoms with Crippen molar-refractivity contribution in [1.29, 1.82) is 0 Å². The molecule has 0 radical (unpaired) electrons. The second-order valence-corrected chi connectivity index (χ2v) is 6.26. The van der Waals surface area contributed by atoms with E-state index in [0.717, 1.165) is 4.24 Å². The number of benzene rings is 1. The van der Waals surface area contributed by atoms with Crippen LogP contribution in [0.2, 0.25) is 0 Å². The molecule has 0 spiro atoms. The average molecular weight is 329 g/mol. The van der Waals surface area contributed by atoms with Crippen LogP contribution < -0.4 is 0 Å². The standard InChI is InChI=1S/C14H16FNO3S2/c1-20-14(21-2)8-13(17)7-11(9-16(18)19)10-3-5-12(15)6-4-10/h3-6,8,11H,7,9H2,1-2H3. The lowest BCUT2D eigenvalue weighted by molar-refractivity contribution is -0.483. The topological polar surface area (TPSA) is 60.2 Å². The van der Waals surface area contributed by atoms with Gasteiger partial charge in [-0.2, -0.15) is 0 Å². The number of halogens is 1. The normalized spacial score (nSPS) is 11.8. The predicted molar refractivity (Wildman–Crippen MR) is 85.7 cm³/mol. The van der Waals surface area contributed by atoms with E-state index in [1.54, 1.807) is 0 Å². The fourth-order valence-electron chi connectivity index (χ4n) is 1.84. The van der Waals surface area contributed by atoms with Crippen LogP contribution in [0.4, 0.5) is 4.39 Å². The number of carbonyl (C=O) groups excluding carboxylic acids is 1. The first-order valence-electron chi connectivity index (χ1n) is 6.16. The highest BCUT2D eigenvalue weighted by molar-refractivity contribution is 8.21. The number of nitro groups is 1. The summed E-state index contributed by atoms with van der Waals surface area (Å²) in [4.78, 5) is 22.3. The number of allylic oxidation sites excluding steroid dienone is 1. The summed E-state index contributed by atoms with van der Waals surface area (Å²) in [6.07, 6.45) is 5.28. The van der Waals surface area contributed by atoms with Crippen molar-refractivity contribution in [3.63, 3.8) is 0 Å². The number of rotatable bonds is 8. The first-order valence-corrected chi connectivity index (χ1v) is 8.61. The Morgan fingerprint density at radius 1 is 1.33 bits per heavy atom. The van der Waals surface area contributed by atoms with Crippen LogP contribution in [0, 0.1) is 15.9 Å². The van der Waals surface area contributed by atoms with Crippen LogP contribution in [0.25, 0.3) is 0 Å². The molecule has 0 amide bonds. The molecule has 1 atom stereocenters. The molecule has 0 fully saturated rings. The van der Waals surface area contributed by atoms with Crippen LogP contribution in [0.1, 0.15) is 17.9 Å². The van der Waals surface area contributed by atoms with Crippen LogP contribution in [-0.4, -0.2) is 29.8 Å². The predicted octanol–water partition coefficient (Wildman–Crippen LogP) is 3.71. The van der Waals surface area contributed by atoms with Crippen LogP contribution in [0.15, 0.2) is 34.6 Å². The molecule has 21 heavy (non-hydrogen) atoms. The average Bonchev–Trinajstić information content (AvgIpc) is 2.44. The minimum Gasteiger partial charge on any atom is -0.295 e. The molecule has 0 aliphatic heterocycles. The van der Waals surface area contributed by atoms with E-state index in [1.807, 2.05) is 12.5 Å². The summed E-state index contributed by atoms with van der Waals surface area (Å²) in [5.41, 5.74) is 0.602. The maximum absolute atomic E-state index is 12.9. The van der Waals surface area contributed by atoms with Crippen molar-refractivity contribution in [3.05, 3.63) is 56.1 Å². The van der Waals surface area contributed by atoms with Crippen LogP contribution in [0.5, 0.6) is 0 Å². The minimum atomic E-state index is -0.547. The molecular formula is C14H16FNO3S2. The Labute approximate surface area is 131 Å². The summed E-state index contributed by atoms with van der Waals surface area (Å²) in [6.45, 7) is -0.348. The summed E-state index contributed by atoms with van der Waals surface area (Å²) in [7, 11) is 0. The minimum absolute atomic E-state index is 0.0389. The van der Waals surface area contributed by atoms with Gasteiger partial charge in [0, 0.05) is 21.7 Å². The molecule has 1 aromatic rings. The van der Waals surface area contributed by atoms with Gasteiger partial charge in [0.15, 0.2) is 5.78 Å². The Morgan fingerprint density at radius 3 is 2.38 bits per heavy atom. The molecule has 0 saturated heterocycles. The summed E-state index contributed by atoms with van der Waals surface area (Å²) in [5, 5.41) is 10.8. The van der Waals surface area contributed by atoms with Gasteiger partial charge < -0.3 is 0 Å². The number of nitrogens with zero attached hydrogens (tertiary/aromatic N) is 1. The molecule has 4 nitrogen and oxygen atoms in total. The number of hydrogen-bond acceptors (Lipinski definition) is 5. The third-order valence-electron chi connectivity index (χ3n) is 2.84. The Bertz CT molecular complexity index is 526. The van der Waals surface area contributed by atoms with E-state index in [1.165, 1.54) is 53.9 Å². The Morgan fingerprint density at radius 2 is 1.90 bits per heavy atom. The third-order valence-corrected chi connectivity index (χ3v) is 4.88. The molecular weight excluding hydrogens is 313 g/mol. The van der Waals surface area contributed by atoms with E-state index in [0.29, 0.717) is 5.56 Å². The molecule has 0 bridgehead atoms. The zero-order valence-electron chi connectivity index (χ0n) is 11.7. The van der Waals surface area contributed by atoms with E-state index in [-0.39, 0.29) is 18.7 Å². The van der Waals surface area contributed by atoms with Gasteiger partial charge in [-0.05, 0) is 30.2 Å². The van der Waals surface area contributed by atoms with Crippen molar-refractivity contribution in [2.75, 3.05) is 19.1 Å². The SMILES string of the molecule is CSC(=CC(=O)CC(C[N+](=O)[O-])c1ccc(F)cc1)SC. The van der Waals surface area contributed by atoms with Gasteiger partial charge >= 0.3 is 0 Å². The second-order valence-electron chi connectivity index (χ2n) is 4.31. The van der Waals surface area contributed by atoms with Crippen molar-refractivity contribution in [2.24, 2.45) is 0 Å². The monoisotopic (exact) mass is 329 g/mol. The second kappa shape index (κ2) is 8.84. The quantitative estimate of drug-likeness (QED) is 0.413. The molecule has 114 valence electrons. The molecule has 0 aromatic heterocycles. The van der Waals surface area contributed by atoms with Crippen molar-refractivity contribution in [1.82, 2.24) is 0 Å². The third kappa shape index (κ3) is 6.31. The van der Waals surface area contributed by atoms with Gasteiger partial charge in [-0.1, -0.05) is 12.1 Å². The molecule has 0 aliphatic rings. The molecule has 0 saturated carbocycles. The smallest absolute Gasteiger partial charge is 0.211 e. The number of hydrogen-bond donors (Lipinski definition) is 0. The maximum Gasteiger partial charge on any atom is 0.211 e. The van der Waals surface area contributed by atoms with Gasteiger partial charge in [-0.15, -0.1) is 23.5 Å². The fourth-order valence-corrected chi connectivity index (χ4v) is 3.00. The Hall–Kier alpha value is -1.34. The highest BCUT2D eigenvalue weighted by atomic mass is 32.2. The molecule has 1 rings (SSSR count). The first-order chi connectivity index (χ1) is 9.96. The Kier molecular flexibility index (Phi) is 7.45. The zero-order chi connectivity index (χ0) is 15.8. The van der Waals surface area contributed by atoms with Gasteiger partial charge in [0.25, 0.3) is 0 Å². The van der Waals surface area contributed by atoms with Crippen LogP contribution >= 0.6 is 23.5 Å². The maximum atomic E-state index is 12.9. The number of ketones is 1. The summed E-state index contributed by atoms with van der Waals surface area (Å²) < 4.78 is 13.8. The molecule has 7 heteroatoms. The first kappa shape index (κ1) is 17.7. The van der Waals surface area contributed by atoms with E-state index in [2.05, 4.69) is 0 Å². The van der Waals surface area contributed by atoms with Gasteiger partial charge in [-0.25, -0.2) is 4.39 Å². The summed E-state index contributed by atoms with van der Waals surface area (Å²) in [5.74, 6) is -1.11. The summed E-state index contributed by atoms with van der Waals surface area (Å²) in [6, 6.07) is 5.48. The molecule has 0 heterocycles. The van der Waals surface area contributed by atoms with Crippen LogP contribution in [0.3, 0.4) is 0 Å². The summed E-state index contributed by atoms with van der Waals surface area (Å²) >= 11 is 2.91. The van der Waals surface area contributed by atoms with Gasteiger partial charge in [0.1, 0.15) is 5.82 Å². The van der Waals surface area contributed by atoms with E-state index in [4.69, 9.17) is 0 Å². The fraction of sp³-hybridized carbons (Fsp3) is 0.357. The lowest BCUT2D eigenvalue weighted by Crippen LogP contribution is -2.16. The van der Waals surface area contributed by atoms with Crippen LogP contribution in [-0.2, 0) is 4.79 Å². The van der Waals surface area contributed by atoms with Gasteiger partial charge in [0.05, 0.1) is 5.92 Å². The van der Waals surface area contributed by atoms with E-state index < -0.39 is 16.7 Å². The molecule has 0 N–H and O–H groups in total.